The van der Waals surface area contributed by atoms with Crippen LogP contribution in [0.15, 0.2) is 153 Å². The zero-order valence-corrected chi connectivity index (χ0v) is 72.3. The van der Waals surface area contributed by atoms with E-state index in [4.69, 9.17) is 70.0 Å². The van der Waals surface area contributed by atoms with Gasteiger partial charge in [0.25, 0.3) is 0 Å². The van der Waals surface area contributed by atoms with Crippen LogP contribution in [0.25, 0.3) is 0 Å². The molecule has 15 atom stereocenters. The molecule has 16 N–H and O–H groups in total. The van der Waals surface area contributed by atoms with Crippen LogP contribution in [0, 0.1) is 24.7 Å². The minimum atomic E-state index is -1.06. The Balaban J connectivity index is 0.000000283. The van der Waals surface area contributed by atoms with Crippen LogP contribution in [0.2, 0.25) is 0 Å². The lowest BCUT2D eigenvalue weighted by Crippen LogP contribution is -3.00. The summed E-state index contributed by atoms with van der Waals surface area (Å²) in [5, 5.41) is 75.4. The molecule has 39 nitrogen and oxygen atoms in total. The Hall–Kier alpha value is -10.5. The number of nitrogens with one attached hydrogen (secondary N) is 3. The minimum Gasteiger partial charge on any atom is -1.00 e. The number of carboxylic acid groups (broad SMARTS) is 1. The smallest absolute Gasteiger partial charge is 0.408 e. The van der Waals surface area contributed by atoms with Gasteiger partial charge in [0.05, 0.1) is 44.7 Å². The van der Waals surface area contributed by atoms with E-state index >= 15 is 0 Å². The third-order valence-corrected chi connectivity index (χ3v) is 19.1. The molecule has 0 saturated carbocycles. The first-order valence-electron chi connectivity index (χ1n) is 39.2. The van der Waals surface area contributed by atoms with Gasteiger partial charge in [-0.05, 0) is 119 Å². The van der Waals surface area contributed by atoms with E-state index in [2.05, 4.69) is 35.9 Å². The molecule has 4 fully saturated rings. The first-order chi connectivity index (χ1) is 56.9. The minimum absolute atomic E-state index is 0. The number of methoxy groups -OCH3 is 1. The van der Waals surface area contributed by atoms with Crippen LogP contribution in [-0.4, -0.2) is 216 Å². The largest absolute Gasteiger partial charge is 1.00 e. The van der Waals surface area contributed by atoms with Crippen molar-refractivity contribution in [2.24, 2.45) is 23.5 Å². The third kappa shape index (κ3) is 29.6. The van der Waals surface area contributed by atoms with Gasteiger partial charge in [-0.15, -0.1) is 0 Å². The highest BCUT2D eigenvalue weighted by Crippen LogP contribution is 2.41. The molecule has 0 radical (unpaired) electrons. The maximum absolute atomic E-state index is 13.1. The van der Waals surface area contributed by atoms with Gasteiger partial charge in [-0.1, -0.05) is 114 Å². The second-order valence-corrected chi connectivity index (χ2v) is 31.9. The van der Waals surface area contributed by atoms with Crippen molar-refractivity contribution in [2.45, 2.75) is 224 Å². The van der Waals surface area contributed by atoms with Gasteiger partial charge in [0.2, 0.25) is 0 Å². The maximum atomic E-state index is 13.1. The van der Waals surface area contributed by atoms with E-state index in [1.165, 1.54) is 42.8 Å². The number of halogens is 2. The van der Waals surface area contributed by atoms with Crippen LogP contribution < -0.4 is 85.5 Å². The Bertz CT molecular complexity index is 4750. The van der Waals surface area contributed by atoms with Crippen molar-refractivity contribution in [3.63, 3.8) is 0 Å². The fraction of sp³-hybridized carbons (Fsp3) is 0.524. The number of aromatic nitrogens is 8. The molecule has 4 aliphatic heterocycles. The number of alkyl carbamates (subject to hydrolysis) is 2. The molecule has 4 aliphatic rings. The summed E-state index contributed by atoms with van der Waals surface area (Å²) in [6.07, 6.45) is -3.60. The number of hydrogen-bond acceptors (Lipinski definition) is 32. The van der Waals surface area contributed by atoms with Crippen molar-refractivity contribution in [3.05, 3.63) is 198 Å². The first kappa shape index (κ1) is 103. The quantitative estimate of drug-likeness (QED) is 0.0172. The van der Waals surface area contributed by atoms with Crippen molar-refractivity contribution in [1.82, 2.24) is 48.8 Å². The third-order valence-electron chi connectivity index (χ3n) is 19.1. The summed E-state index contributed by atoms with van der Waals surface area (Å²) in [5.74, 6) is -1.40. The first-order valence-corrected chi connectivity index (χ1v) is 39.2. The Kier molecular flexibility index (Phi) is 39.2. The van der Waals surface area contributed by atoms with E-state index in [0.29, 0.717) is 11.5 Å². The highest BCUT2D eigenvalue weighted by atomic mass is 35.5. The molecule has 8 heterocycles. The van der Waals surface area contributed by atoms with Crippen molar-refractivity contribution >= 4 is 47.5 Å². The topological polar surface area (TPSA) is 564 Å². The number of hydrogen-bond donors (Lipinski definition) is 13. The number of rotatable bonds is 24. The average molecular weight is 1770 g/mol. The summed E-state index contributed by atoms with van der Waals surface area (Å²) < 4.78 is 53.3. The average Bonchev–Trinajstić information content (AvgIpc) is 1.74. The number of aliphatic hydroxyl groups excluding tert-OH is 6. The molecule has 678 valence electrons. The van der Waals surface area contributed by atoms with E-state index in [1.54, 1.807) is 108 Å². The summed E-state index contributed by atoms with van der Waals surface area (Å²) in [6, 6.07) is 31.5. The van der Waals surface area contributed by atoms with Crippen molar-refractivity contribution in [2.75, 3.05) is 50.3 Å². The molecule has 0 spiro atoms. The van der Waals surface area contributed by atoms with E-state index < -0.39 is 161 Å². The Morgan fingerprint density at radius 3 is 1.18 bits per heavy atom. The standard InChI is InChI=1S/C29H29N3O5.C20H31N3O7.C14H22N4O5.C10H19NO4.C9H13N3O4.2ClH/c1-36-23-14-12-22(13-15-23)29(20-8-4-2-5-9-20,21-10-6-3-7-11-21)31-26-16-17-32(28(35)30-26)27-18-24(34)25(19-33)37-27;1-11(2)16(22-19(27)30-20(4,5)6)17(25)28-10-14-13(24)9-15(29-14)23-8-7-12(3)21-18(23)26;1-7(2)12(16)13(20)22-6-9-8(19)5-11(23-9)18-4-3-10(15)17-14(18)21;1-6(2)7(8(12)13)11-9(14)15-10(3,4)5;10-7-1-2-12(9(15)11-7)8-3-5(14)6(4-13)16-8;;/h2-17,24-25,27,33-34H,18-19H2,1H3,(H,30,31,35);7-8,11,13-16,24H,9-10H2,1-6H3,(H,22,27);3-4,7-9,11-12,19H,5-6,16H2,1-2H3,(H2,15,17,21);6-7H,1-5H3,(H,11,14)(H,12,13);1-2,5-6,8,13-14H,3-4H2,(H2,10,11,15);2*1H/p-2/t24?,25-,27-;13?,14-,15-,16?;8?,9-,11-,12?;;5?,6-,8-;;/m000.0../s1. The highest BCUT2D eigenvalue weighted by molar-refractivity contribution is 5.82. The summed E-state index contributed by atoms with van der Waals surface area (Å²) in [7, 11) is 1.63. The van der Waals surface area contributed by atoms with E-state index in [-0.39, 0.29) is 106 Å². The molecule has 0 aliphatic carbocycles. The number of nitrogen functional groups attached to an aromatic ring is 2. The molecule has 3 aromatic carbocycles. The fourth-order valence-corrected chi connectivity index (χ4v) is 12.7. The number of ether oxygens (including phenoxy) is 9. The van der Waals surface area contributed by atoms with Gasteiger partial charge in [-0.2, -0.15) is 19.9 Å². The van der Waals surface area contributed by atoms with Gasteiger partial charge in [0, 0.05) is 56.2 Å². The van der Waals surface area contributed by atoms with Crippen LogP contribution in [0.5, 0.6) is 5.75 Å². The van der Waals surface area contributed by atoms with Gasteiger partial charge < -0.3 is 136 Å². The Morgan fingerprint density at radius 2 is 0.837 bits per heavy atom. The van der Waals surface area contributed by atoms with Gasteiger partial charge in [0.15, 0.2) is 0 Å². The number of amides is 2. The zero-order valence-electron chi connectivity index (χ0n) is 70.8. The molecule has 2 amide bonds. The Morgan fingerprint density at radius 1 is 0.488 bits per heavy atom. The van der Waals surface area contributed by atoms with E-state index in [1.807, 2.05) is 98.8 Å². The fourth-order valence-electron chi connectivity index (χ4n) is 12.7. The lowest BCUT2D eigenvalue weighted by Gasteiger charge is -2.37. The van der Waals surface area contributed by atoms with Crippen LogP contribution in [0.4, 0.5) is 27.0 Å². The number of aliphatic hydroxyl groups is 6. The number of nitrogens with zero attached hydrogens (tertiary/aromatic N) is 8. The summed E-state index contributed by atoms with van der Waals surface area (Å²) in [6.45, 7) is 21.7. The number of anilines is 3. The number of aryl methyl sites for hydroxylation is 1. The molecule has 123 heavy (non-hydrogen) atoms. The van der Waals surface area contributed by atoms with Crippen LogP contribution in [0.3, 0.4) is 0 Å². The van der Waals surface area contributed by atoms with Gasteiger partial charge >= 0.3 is 52.9 Å². The molecular formula is C82H114Cl2N14O25-2. The van der Waals surface area contributed by atoms with Crippen molar-refractivity contribution < 1.29 is 127 Å². The highest BCUT2D eigenvalue weighted by Gasteiger charge is 2.42. The Labute approximate surface area is 722 Å². The predicted octanol–water partition coefficient (Wildman–Crippen LogP) is -2.32. The van der Waals surface area contributed by atoms with Crippen LogP contribution in [0.1, 0.15) is 156 Å². The molecular weight excluding hydrogens is 1650 g/mol. The van der Waals surface area contributed by atoms with E-state index in [9.17, 15) is 68.7 Å². The second-order valence-electron chi connectivity index (χ2n) is 31.9. The lowest BCUT2D eigenvalue weighted by molar-refractivity contribution is -0.154. The molecule has 4 saturated heterocycles. The summed E-state index contributed by atoms with van der Waals surface area (Å²) >= 11 is 0. The van der Waals surface area contributed by atoms with Gasteiger partial charge in [-0.3, -0.25) is 23.1 Å². The number of aliphatic carboxylic acids is 1. The van der Waals surface area contributed by atoms with E-state index in [0.717, 1.165) is 22.4 Å². The van der Waals surface area contributed by atoms with Gasteiger partial charge in [-0.25, -0.2) is 38.4 Å². The second kappa shape index (κ2) is 46.8. The number of carboxylic acids is 1. The number of carbonyl (C=O) groups is 5. The van der Waals surface area contributed by atoms with Crippen molar-refractivity contribution in [1.29, 1.82) is 0 Å². The zero-order chi connectivity index (χ0) is 89.5. The van der Waals surface area contributed by atoms with Crippen LogP contribution in [-0.2, 0) is 57.8 Å². The molecule has 0 bridgehead atoms. The number of esters is 2. The number of carbonyl (C=O) groups excluding carboxylic acids is 4. The molecule has 11 rings (SSSR count). The van der Waals surface area contributed by atoms with Gasteiger partial charge in [0.1, 0.15) is 121 Å². The van der Waals surface area contributed by atoms with Crippen molar-refractivity contribution in [3.8, 4) is 5.75 Å². The molecule has 7 aromatic rings. The summed E-state index contributed by atoms with van der Waals surface area (Å²) in [4.78, 5) is 122. The lowest BCUT2D eigenvalue weighted by atomic mass is 9.77. The molecule has 7 unspecified atom stereocenters. The summed E-state index contributed by atoms with van der Waals surface area (Å²) in [5.41, 5.74) is 15.6. The number of benzene rings is 3. The monoisotopic (exact) mass is 1760 g/mol. The molecule has 4 aromatic heterocycles. The van der Waals surface area contributed by atoms with Crippen LogP contribution >= 0.6 is 0 Å². The molecule has 41 heteroatoms. The normalized spacial score (nSPS) is 21.6. The SMILES string of the molecule is CC(C)C(N)C(=O)OC[C@@H]1O[C@H](n2ccc(N)nc2=O)CC1O.CC(C)C(NC(=O)OC(C)(C)C)C(=O)O.COc1ccc(C(Nc2ccn([C@@H]3CC(O)[C@H](CO)O3)c(=O)n2)(c2ccccc2)c2ccccc2)cc1.Cc1ccn([C@@H]2CC(O)[C@H](COC(=O)C(NC(=O)OC(C)(C)C)C(C)C)O2)c(=O)n1.Nc1ccn([C@@H]2CC(O)[C@H](CO)O2)c(=O)n1.[Cl-].[Cl-]. The predicted molar refractivity (Wildman–Crippen MR) is 438 cm³/mol. The number of nitrogens with two attached hydrogens (primary N) is 3. The maximum Gasteiger partial charge on any atom is 0.408 e.